The van der Waals surface area contributed by atoms with Crippen molar-refractivity contribution in [1.29, 1.82) is 5.26 Å². The molecule has 3 aromatic rings. The summed E-state index contributed by atoms with van der Waals surface area (Å²) in [6.45, 7) is 2.95. The molecule has 1 aliphatic heterocycles. The van der Waals surface area contributed by atoms with Crippen molar-refractivity contribution in [2.45, 2.75) is 38.5 Å². The second-order valence-electron chi connectivity index (χ2n) is 10.7. The van der Waals surface area contributed by atoms with Crippen molar-refractivity contribution >= 4 is 40.9 Å². The molecule has 3 aromatic carbocycles. The molecule has 13 heteroatoms. The molecular weight excluding hydrogens is 593 g/mol. The maximum atomic E-state index is 13.6. The number of carbonyl (C=O) groups is 4. The minimum Gasteiger partial charge on any atom is -0.468 e. The van der Waals surface area contributed by atoms with Gasteiger partial charge in [-0.2, -0.15) is 18.4 Å². The average molecular weight is 623 g/mol. The molecule has 0 atom stereocenters. The number of amides is 3. The zero-order valence-corrected chi connectivity index (χ0v) is 24.8. The van der Waals surface area contributed by atoms with Crippen LogP contribution in [0, 0.1) is 17.2 Å². The van der Waals surface area contributed by atoms with Crippen molar-refractivity contribution in [3.63, 3.8) is 0 Å². The number of imide groups is 1. The molecule has 0 aliphatic carbocycles. The molecule has 1 aliphatic rings. The van der Waals surface area contributed by atoms with E-state index in [1.165, 1.54) is 39.0 Å². The van der Waals surface area contributed by atoms with Crippen LogP contribution in [0.3, 0.4) is 0 Å². The SMILES string of the molecule is COC(=O)C(Cc1ccc(Nc2ccccc2CN2C(=O)N(c3ccc(C#N)c(C(F)(F)F)c3)C(=O)C2(C)C)cc1)C(=O)OC. The van der Waals surface area contributed by atoms with Gasteiger partial charge in [0.05, 0.1) is 43.6 Å². The molecule has 234 valence electrons. The number of anilines is 3. The highest BCUT2D eigenvalue weighted by Crippen LogP contribution is 2.39. The highest BCUT2D eigenvalue weighted by Gasteiger charge is 2.52. The van der Waals surface area contributed by atoms with Gasteiger partial charge >= 0.3 is 24.1 Å². The molecule has 45 heavy (non-hydrogen) atoms. The lowest BCUT2D eigenvalue weighted by Gasteiger charge is -2.28. The summed E-state index contributed by atoms with van der Waals surface area (Å²) in [5.41, 5.74) is -1.04. The molecule has 1 N–H and O–H groups in total. The van der Waals surface area contributed by atoms with Gasteiger partial charge in [0, 0.05) is 11.4 Å². The van der Waals surface area contributed by atoms with Crippen molar-refractivity contribution in [3.8, 4) is 6.07 Å². The Morgan fingerprint density at radius 3 is 2.18 bits per heavy atom. The number of nitrogens with zero attached hydrogens (tertiary/aromatic N) is 3. The van der Waals surface area contributed by atoms with E-state index >= 15 is 0 Å². The van der Waals surface area contributed by atoms with Gasteiger partial charge in [-0.3, -0.25) is 14.4 Å². The van der Waals surface area contributed by atoms with E-state index < -0.39 is 52.6 Å². The average Bonchev–Trinajstić information content (AvgIpc) is 3.18. The Hall–Kier alpha value is -5.38. The van der Waals surface area contributed by atoms with E-state index in [1.807, 2.05) is 0 Å². The molecule has 3 amide bonds. The Kier molecular flexibility index (Phi) is 9.18. The molecule has 0 unspecified atom stereocenters. The first-order valence-electron chi connectivity index (χ1n) is 13.6. The zero-order chi connectivity index (χ0) is 33.1. The largest absolute Gasteiger partial charge is 0.468 e. The minimum atomic E-state index is -4.87. The van der Waals surface area contributed by atoms with Crippen LogP contribution in [-0.2, 0) is 43.0 Å². The van der Waals surface area contributed by atoms with Gasteiger partial charge in [-0.05, 0) is 67.8 Å². The van der Waals surface area contributed by atoms with Gasteiger partial charge in [-0.25, -0.2) is 9.69 Å². The number of ether oxygens (including phenoxy) is 2. The Labute approximate surface area is 256 Å². The van der Waals surface area contributed by atoms with Crippen molar-refractivity contribution in [2.75, 3.05) is 24.4 Å². The van der Waals surface area contributed by atoms with Gasteiger partial charge in [0.2, 0.25) is 0 Å². The van der Waals surface area contributed by atoms with Gasteiger partial charge in [-0.1, -0.05) is 30.3 Å². The first-order chi connectivity index (χ1) is 21.2. The molecule has 4 rings (SSSR count). The number of alkyl halides is 3. The van der Waals surface area contributed by atoms with E-state index in [2.05, 4.69) is 5.32 Å². The Morgan fingerprint density at radius 1 is 0.978 bits per heavy atom. The zero-order valence-electron chi connectivity index (χ0n) is 24.8. The highest BCUT2D eigenvalue weighted by molar-refractivity contribution is 6.23. The number of nitriles is 1. The number of esters is 2. The number of urea groups is 1. The van der Waals surface area contributed by atoms with Crippen molar-refractivity contribution in [3.05, 3.63) is 89.0 Å². The number of hydrogen-bond donors (Lipinski definition) is 1. The quantitative estimate of drug-likeness (QED) is 0.186. The first kappa shape index (κ1) is 32.5. The number of benzene rings is 3. The molecule has 0 bridgehead atoms. The second-order valence-corrected chi connectivity index (χ2v) is 10.7. The van der Waals surface area contributed by atoms with Gasteiger partial charge < -0.3 is 19.7 Å². The topological polar surface area (TPSA) is 129 Å². The summed E-state index contributed by atoms with van der Waals surface area (Å²) >= 11 is 0. The third-order valence-electron chi connectivity index (χ3n) is 7.50. The maximum Gasteiger partial charge on any atom is 0.417 e. The van der Waals surface area contributed by atoms with Gasteiger partial charge in [0.25, 0.3) is 5.91 Å². The molecule has 1 fully saturated rings. The predicted molar refractivity (Wildman–Crippen MR) is 156 cm³/mol. The summed E-state index contributed by atoms with van der Waals surface area (Å²) in [6, 6.07) is 17.3. The second kappa shape index (κ2) is 12.7. The van der Waals surface area contributed by atoms with E-state index in [9.17, 15) is 32.3 Å². The van der Waals surface area contributed by atoms with Crippen molar-refractivity contribution < 1.29 is 41.8 Å². The summed E-state index contributed by atoms with van der Waals surface area (Å²) in [7, 11) is 2.37. The summed E-state index contributed by atoms with van der Waals surface area (Å²) < 4.78 is 50.3. The van der Waals surface area contributed by atoms with Gasteiger partial charge in [-0.15, -0.1) is 0 Å². The standard InChI is InChI=1S/C32H29F3N4O6/c1-31(2)29(42)39(23-14-11-20(17-36)25(16-23)32(33,34)35)30(43)38(31)18-21-7-5-6-8-26(21)37-22-12-9-19(10-13-22)15-24(27(40)44-3)28(41)45-4/h5-14,16,24,37H,15,18H2,1-4H3. The number of rotatable bonds is 9. The Morgan fingerprint density at radius 2 is 1.60 bits per heavy atom. The lowest BCUT2D eigenvalue weighted by Crippen LogP contribution is -2.43. The van der Waals surface area contributed by atoms with Crippen LogP contribution in [0.15, 0.2) is 66.7 Å². The van der Waals surface area contributed by atoms with E-state index in [0.717, 1.165) is 12.1 Å². The first-order valence-corrected chi connectivity index (χ1v) is 13.6. The van der Waals surface area contributed by atoms with Crippen LogP contribution in [0.25, 0.3) is 0 Å². The Bertz CT molecular complexity index is 1670. The van der Waals surface area contributed by atoms with Crippen LogP contribution in [0.5, 0.6) is 0 Å². The van der Waals surface area contributed by atoms with Crippen LogP contribution in [0.2, 0.25) is 0 Å². The van der Waals surface area contributed by atoms with Gasteiger partial charge in [0.1, 0.15) is 5.54 Å². The van der Waals surface area contributed by atoms with E-state index in [0.29, 0.717) is 33.5 Å². The van der Waals surface area contributed by atoms with Crippen LogP contribution in [0.1, 0.15) is 36.1 Å². The molecule has 1 saturated heterocycles. The number of methoxy groups -OCH3 is 2. The lowest BCUT2D eigenvalue weighted by molar-refractivity contribution is -0.158. The molecular formula is C32H29F3N4O6. The Balaban J connectivity index is 1.57. The summed E-state index contributed by atoms with van der Waals surface area (Å²) in [6.07, 6.45) is -4.80. The molecule has 0 spiro atoms. The van der Waals surface area contributed by atoms with E-state index in [-0.39, 0.29) is 18.7 Å². The summed E-state index contributed by atoms with van der Waals surface area (Å²) in [4.78, 5) is 53.0. The molecule has 0 radical (unpaired) electrons. The minimum absolute atomic E-state index is 0.0579. The van der Waals surface area contributed by atoms with Gasteiger partial charge in [0.15, 0.2) is 5.92 Å². The number of nitrogens with one attached hydrogen (secondary N) is 1. The lowest BCUT2D eigenvalue weighted by atomic mass is 9.99. The summed E-state index contributed by atoms with van der Waals surface area (Å²) in [5, 5.41) is 12.4. The normalized spacial score (nSPS) is 14.4. The van der Waals surface area contributed by atoms with E-state index in [4.69, 9.17) is 14.7 Å². The maximum absolute atomic E-state index is 13.6. The third-order valence-corrected chi connectivity index (χ3v) is 7.50. The summed E-state index contributed by atoms with van der Waals surface area (Å²) in [5.74, 6) is -3.26. The predicted octanol–water partition coefficient (Wildman–Crippen LogP) is 5.57. The van der Waals surface area contributed by atoms with Crippen molar-refractivity contribution in [2.24, 2.45) is 5.92 Å². The van der Waals surface area contributed by atoms with Crippen LogP contribution < -0.4 is 10.2 Å². The fourth-order valence-corrected chi connectivity index (χ4v) is 4.95. The fraction of sp³-hybridized carbons (Fsp3) is 0.281. The molecule has 0 aromatic heterocycles. The number of halogens is 3. The third kappa shape index (κ3) is 6.59. The molecule has 1 heterocycles. The monoisotopic (exact) mass is 622 g/mol. The van der Waals surface area contributed by atoms with Crippen LogP contribution >= 0.6 is 0 Å². The fourth-order valence-electron chi connectivity index (χ4n) is 4.95. The molecule has 0 saturated carbocycles. The smallest absolute Gasteiger partial charge is 0.417 e. The van der Waals surface area contributed by atoms with Crippen LogP contribution in [-0.4, -0.2) is 48.5 Å². The van der Waals surface area contributed by atoms with Crippen molar-refractivity contribution in [1.82, 2.24) is 4.90 Å². The highest BCUT2D eigenvalue weighted by atomic mass is 19.4. The number of carbonyl (C=O) groups excluding carboxylic acids is 4. The number of hydrogen-bond acceptors (Lipinski definition) is 8. The van der Waals surface area contributed by atoms with Crippen LogP contribution in [0.4, 0.5) is 35.0 Å². The number of para-hydroxylation sites is 1. The molecule has 10 nitrogen and oxygen atoms in total. The van der Waals surface area contributed by atoms with E-state index in [1.54, 1.807) is 48.5 Å².